The number of allylic oxidation sites excluding steroid dienone is 18. The molecule has 0 aliphatic carbocycles. The van der Waals surface area contributed by atoms with E-state index in [0.717, 1.165) is 109 Å². The molecular weight excluding hydrogens is 921 g/mol. The molecule has 2 rings (SSSR count). The van der Waals surface area contributed by atoms with E-state index >= 15 is 0 Å². The largest absolute Gasteiger partial charge is 0.457 e. The van der Waals surface area contributed by atoms with E-state index in [-0.39, 0.29) is 19.6 Å². The third kappa shape index (κ3) is 30.8. The van der Waals surface area contributed by atoms with E-state index in [0.29, 0.717) is 13.0 Å². The van der Waals surface area contributed by atoms with Gasteiger partial charge in [-0.3, -0.25) is 4.79 Å². The van der Waals surface area contributed by atoms with Crippen LogP contribution in [0.4, 0.5) is 0 Å². The summed E-state index contributed by atoms with van der Waals surface area (Å²) in [5.41, 5.74) is 0. The van der Waals surface area contributed by atoms with E-state index in [1.807, 2.05) is 0 Å². The SMILES string of the molecule is CC/C=C\C/C=C\C/C=C\C/C=C\C/C=C\C/C=C\C/C=C\CCCCOCC(COC1OC(COC2OC(CO)C(O)C(O)C2O)C(O)C(O)C1O)OC(=O)CCCCCCC/C=C\C/C=C\CCCC. The van der Waals surface area contributed by atoms with Crippen LogP contribution in [0.15, 0.2) is 109 Å². The Bertz CT molecular complexity index is 1600. The van der Waals surface area contributed by atoms with Crippen LogP contribution in [0.3, 0.4) is 0 Å². The van der Waals surface area contributed by atoms with E-state index in [2.05, 4.69) is 123 Å². The molecule has 2 saturated heterocycles. The quantitative estimate of drug-likeness (QED) is 0.0173. The van der Waals surface area contributed by atoms with Crippen LogP contribution >= 0.6 is 0 Å². The maximum Gasteiger partial charge on any atom is 0.306 e. The van der Waals surface area contributed by atoms with Crippen molar-refractivity contribution in [2.24, 2.45) is 0 Å². The fraction of sp³-hybridized carbons (Fsp3) is 0.672. The van der Waals surface area contributed by atoms with Crippen molar-refractivity contribution in [3.8, 4) is 0 Å². The molecule has 0 bridgehead atoms. The minimum Gasteiger partial charge on any atom is -0.457 e. The van der Waals surface area contributed by atoms with Gasteiger partial charge in [0.2, 0.25) is 0 Å². The number of aliphatic hydroxyl groups excluding tert-OH is 7. The topological polar surface area (TPSA) is 214 Å². The van der Waals surface area contributed by atoms with Gasteiger partial charge in [-0.05, 0) is 96.3 Å². The lowest BCUT2D eigenvalue weighted by molar-refractivity contribution is -0.332. The van der Waals surface area contributed by atoms with E-state index in [4.69, 9.17) is 28.4 Å². The molecule has 2 aliphatic rings. The van der Waals surface area contributed by atoms with E-state index in [9.17, 15) is 40.5 Å². The summed E-state index contributed by atoms with van der Waals surface area (Å²) in [4.78, 5) is 13.0. The summed E-state index contributed by atoms with van der Waals surface area (Å²) in [6.07, 6.45) is 43.0. The number of carbonyl (C=O) groups is 1. The maximum atomic E-state index is 13.0. The third-order valence-corrected chi connectivity index (χ3v) is 12.0. The van der Waals surface area contributed by atoms with Gasteiger partial charge < -0.3 is 64.2 Å². The standard InChI is InChI=1S/C58H94O14/c1-3-5-7-9-11-13-15-17-19-20-21-22-23-24-25-26-27-28-30-32-34-36-38-40-42-67-44-47(70-50(60)41-39-37-35-33-31-29-18-16-14-12-10-8-6-4-2)45-68-57-56(66)54(64)52(62)49(72-57)46-69-58-55(65)53(63)51(61)48(43-59)71-58/h5,7,10-13,16-19,21-22,24-25,27-28,32,34,47-49,51-59,61-66H,3-4,6,8-9,14-15,20,23,26,29-31,33,35-46H2,1-2H3/b7-5-,12-10-,13-11-,18-16-,19-17-,22-21-,25-24-,28-27-,34-32-. The van der Waals surface area contributed by atoms with Gasteiger partial charge >= 0.3 is 5.97 Å². The van der Waals surface area contributed by atoms with Gasteiger partial charge in [-0.25, -0.2) is 0 Å². The zero-order chi connectivity index (χ0) is 52.3. The van der Waals surface area contributed by atoms with Crippen molar-refractivity contribution in [2.75, 3.05) is 33.0 Å². The first kappa shape index (κ1) is 64.8. The summed E-state index contributed by atoms with van der Waals surface area (Å²) in [5.74, 6) is -0.412. The van der Waals surface area contributed by atoms with Gasteiger partial charge in [-0.1, -0.05) is 155 Å². The second kappa shape index (κ2) is 44.0. The second-order valence-corrected chi connectivity index (χ2v) is 18.3. The Morgan fingerprint density at radius 2 is 0.903 bits per heavy atom. The molecule has 0 saturated carbocycles. The number of hydrogen-bond donors (Lipinski definition) is 7. The van der Waals surface area contributed by atoms with E-state index in [1.54, 1.807) is 0 Å². The Labute approximate surface area is 432 Å². The first-order valence-corrected chi connectivity index (χ1v) is 27.0. The van der Waals surface area contributed by atoms with Crippen LogP contribution in [-0.2, 0) is 33.2 Å². The van der Waals surface area contributed by atoms with Crippen molar-refractivity contribution < 1.29 is 69.0 Å². The highest BCUT2D eigenvalue weighted by Crippen LogP contribution is 2.26. The molecule has 2 aliphatic heterocycles. The van der Waals surface area contributed by atoms with Gasteiger partial charge in [0.15, 0.2) is 12.6 Å². The maximum absolute atomic E-state index is 13.0. The fourth-order valence-electron chi connectivity index (χ4n) is 7.63. The van der Waals surface area contributed by atoms with Gasteiger partial charge in [0, 0.05) is 13.0 Å². The summed E-state index contributed by atoms with van der Waals surface area (Å²) in [7, 11) is 0. The normalized spacial score (nSPS) is 26.0. The average Bonchev–Trinajstić information content (AvgIpc) is 3.38. The fourth-order valence-corrected chi connectivity index (χ4v) is 7.63. The van der Waals surface area contributed by atoms with Crippen molar-refractivity contribution in [1.29, 1.82) is 0 Å². The molecule has 72 heavy (non-hydrogen) atoms. The molecule has 0 spiro atoms. The minimum atomic E-state index is -1.72. The number of carbonyl (C=O) groups excluding carboxylic acids is 1. The van der Waals surface area contributed by atoms with Gasteiger partial charge in [-0.15, -0.1) is 0 Å². The molecule has 0 aromatic heterocycles. The van der Waals surface area contributed by atoms with Crippen LogP contribution in [0, 0.1) is 0 Å². The molecule has 11 atom stereocenters. The molecular formula is C58H94O14. The van der Waals surface area contributed by atoms with E-state index in [1.165, 1.54) is 12.8 Å². The Hall–Kier alpha value is -3.35. The van der Waals surface area contributed by atoms with Crippen molar-refractivity contribution in [3.05, 3.63) is 109 Å². The zero-order valence-electron chi connectivity index (χ0n) is 43.6. The van der Waals surface area contributed by atoms with Crippen LogP contribution in [0.2, 0.25) is 0 Å². The Morgan fingerprint density at radius 1 is 0.472 bits per heavy atom. The zero-order valence-corrected chi connectivity index (χ0v) is 43.6. The summed E-state index contributed by atoms with van der Waals surface area (Å²) in [6.45, 7) is 3.36. The summed E-state index contributed by atoms with van der Waals surface area (Å²) < 4.78 is 34.2. The van der Waals surface area contributed by atoms with Crippen LogP contribution in [0.1, 0.15) is 149 Å². The predicted molar refractivity (Wildman–Crippen MR) is 284 cm³/mol. The van der Waals surface area contributed by atoms with Crippen LogP contribution < -0.4 is 0 Å². The minimum absolute atomic E-state index is 0.0178. The van der Waals surface area contributed by atoms with Gasteiger partial charge in [0.25, 0.3) is 0 Å². The smallest absolute Gasteiger partial charge is 0.306 e. The number of rotatable bonds is 41. The van der Waals surface area contributed by atoms with Gasteiger partial charge in [0.1, 0.15) is 54.9 Å². The first-order chi connectivity index (χ1) is 35.1. The summed E-state index contributed by atoms with van der Waals surface area (Å²) in [5, 5.41) is 72.2. The van der Waals surface area contributed by atoms with Crippen LogP contribution in [-0.4, -0.2) is 142 Å². The van der Waals surface area contributed by atoms with Crippen LogP contribution in [0.5, 0.6) is 0 Å². The molecule has 0 aromatic carbocycles. The predicted octanol–water partition coefficient (Wildman–Crippen LogP) is 8.79. The van der Waals surface area contributed by atoms with Crippen molar-refractivity contribution >= 4 is 5.97 Å². The Morgan fingerprint density at radius 3 is 1.42 bits per heavy atom. The molecule has 0 amide bonds. The second-order valence-electron chi connectivity index (χ2n) is 18.3. The molecule has 410 valence electrons. The monoisotopic (exact) mass is 1010 g/mol. The van der Waals surface area contributed by atoms with Crippen LogP contribution in [0.25, 0.3) is 0 Å². The first-order valence-electron chi connectivity index (χ1n) is 27.0. The number of aliphatic hydroxyl groups is 7. The lowest BCUT2D eigenvalue weighted by Crippen LogP contribution is -2.61. The molecule has 0 aromatic rings. The van der Waals surface area contributed by atoms with Crippen molar-refractivity contribution in [1.82, 2.24) is 0 Å². The third-order valence-electron chi connectivity index (χ3n) is 12.0. The average molecular weight is 1020 g/mol. The Kier molecular flexibility index (Phi) is 39.6. The lowest BCUT2D eigenvalue weighted by Gasteiger charge is -2.42. The van der Waals surface area contributed by atoms with Crippen molar-refractivity contribution in [3.63, 3.8) is 0 Å². The summed E-state index contributed by atoms with van der Waals surface area (Å²) >= 11 is 0. The lowest BCUT2D eigenvalue weighted by atomic mass is 9.98. The number of esters is 1. The molecule has 2 fully saturated rings. The molecule has 11 unspecified atom stereocenters. The van der Waals surface area contributed by atoms with Gasteiger partial charge in [0.05, 0.1) is 26.4 Å². The number of hydrogen-bond acceptors (Lipinski definition) is 14. The molecule has 7 N–H and O–H groups in total. The molecule has 14 heteroatoms. The highest BCUT2D eigenvalue weighted by atomic mass is 16.7. The number of unbranched alkanes of at least 4 members (excludes halogenated alkanes) is 9. The van der Waals surface area contributed by atoms with E-state index < -0.39 is 86.7 Å². The highest BCUT2D eigenvalue weighted by molar-refractivity contribution is 5.69. The van der Waals surface area contributed by atoms with Gasteiger partial charge in [-0.2, -0.15) is 0 Å². The number of ether oxygens (including phenoxy) is 6. The molecule has 2 heterocycles. The molecule has 14 nitrogen and oxygen atoms in total. The summed E-state index contributed by atoms with van der Waals surface area (Å²) in [6, 6.07) is 0. The Balaban J connectivity index is 1.77. The van der Waals surface area contributed by atoms with Crippen molar-refractivity contribution in [2.45, 2.75) is 216 Å². The molecule has 0 radical (unpaired) electrons. The highest BCUT2D eigenvalue weighted by Gasteiger charge is 2.47.